The Labute approximate surface area is 177 Å². The predicted octanol–water partition coefficient (Wildman–Crippen LogP) is 5.13. The molecule has 0 bridgehead atoms. The monoisotopic (exact) mass is 402 g/mol. The van der Waals surface area contributed by atoms with Crippen LogP contribution in [0.25, 0.3) is 0 Å². The molecule has 164 valence electrons. The van der Waals surface area contributed by atoms with Crippen molar-refractivity contribution >= 4 is 5.78 Å². The molecule has 5 rings (SSSR count). The van der Waals surface area contributed by atoms with Gasteiger partial charge in [-0.3, -0.25) is 4.79 Å². The van der Waals surface area contributed by atoms with Crippen molar-refractivity contribution in [2.24, 2.45) is 45.8 Å². The van der Waals surface area contributed by atoms with Crippen LogP contribution < -0.4 is 0 Å². The molecule has 0 spiro atoms. The van der Waals surface area contributed by atoms with Crippen LogP contribution in [0.4, 0.5) is 0 Å². The number of ketones is 1. The second kappa shape index (κ2) is 6.31. The van der Waals surface area contributed by atoms with Crippen LogP contribution in [0.3, 0.4) is 0 Å². The van der Waals surface area contributed by atoms with E-state index in [1.54, 1.807) is 0 Å². The van der Waals surface area contributed by atoms with Crippen molar-refractivity contribution in [1.82, 2.24) is 0 Å². The Morgan fingerprint density at radius 1 is 0.931 bits per heavy atom. The average Bonchev–Trinajstić information content (AvgIpc) is 2.95. The third-order valence-corrected chi connectivity index (χ3v) is 11.9. The summed E-state index contributed by atoms with van der Waals surface area (Å²) >= 11 is 0. The molecule has 10 atom stereocenters. The zero-order valence-corrected chi connectivity index (χ0v) is 19.0. The van der Waals surface area contributed by atoms with Gasteiger partial charge in [-0.25, -0.2) is 0 Å². The van der Waals surface area contributed by atoms with Crippen molar-refractivity contribution in [3.8, 4) is 0 Å². The highest BCUT2D eigenvalue weighted by Crippen LogP contribution is 2.75. The highest BCUT2D eigenvalue weighted by atomic mass is 16.3. The summed E-state index contributed by atoms with van der Waals surface area (Å²) in [6.07, 6.45) is 11.5. The molecular weight excluding hydrogens is 360 g/mol. The van der Waals surface area contributed by atoms with Crippen molar-refractivity contribution in [1.29, 1.82) is 0 Å². The van der Waals surface area contributed by atoms with Crippen LogP contribution >= 0.6 is 0 Å². The van der Waals surface area contributed by atoms with Crippen LogP contribution in [0.5, 0.6) is 0 Å². The molecular formula is C26H42O3. The lowest BCUT2D eigenvalue weighted by Gasteiger charge is -2.66. The lowest BCUT2D eigenvalue weighted by molar-refractivity contribution is -0.246. The van der Waals surface area contributed by atoms with Gasteiger partial charge in [0.1, 0.15) is 5.78 Å². The Kier molecular flexibility index (Phi) is 4.46. The van der Waals surface area contributed by atoms with E-state index in [1.165, 1.54) is 25.7 Å². The van der Waals surface area contributed by atoms with Gasteiger partial charge >= 0.3 is 0 Å². The molecule has 0 saturated heterocycles. The normalized spacial score (nSPS) is 59.2. The maximum Gasteiger partial charge on any atom is 0.136 e. The van der Waals surface area contributed by atoms with E-state index in [9.17, 15) is 15.0 Å². The number of carbonyl (C=O) groups is 1. The summed E-state index contributed by atoms with van der Waals surface area (Å²) in [5.41, 5.74) is -0.761. The van der Waals surface area contributed by atoms with E-state index in [4.69, 9.17) is 0 Å². The number of Topliss-reactive ketones (excluding diaryl/α,β-unsaturated/α-hetero) is 1. The number of carbonyl (C=O) groups excluding carboxylic acids is 1. The minimum absolute atomic E-state index is 0.0818. The fourth-order valence-electron chi connectivity index (χ4n) is 10.5. The van der Waals surface area contributed by atoms with Crippen molar-refractivity contribution in [2.75, 3.05) is 0 Å². The van der Waals surface area contributed by atoms with Gasteiger partial charge < -0.3 is 10.2 Å². The topological polar surface area (TPSA) is 57.5 Å². The van der Waals surface area contributed by atoms with E-state index in [2.05, 4.69) is 20.8 Å². The first-order valence-corrected chi connectivity index (χ1v) is 12.5. The van der Waals surface area contributed by atoms with E-state index in [1.807, 2.05) is 6.92 Å². The quantitative estimate of drug-likeness (QED) is 0.639. The fraction of sp³-hybridized carbons (Fsp3) is 0.962. The smallest absolute Gasteiger partial charge is 0.136 e. The van der Waals surface area contributed by atoms with Crippen LogP contribution in [0.1, 0.15) is 98.3 Å². The third-order valence-electron chi connectivity index (χ3n) is 11.9. The Morgan fingerprint density at radius 3 is 2.38 bits per heavy atom. The zero-order chi connectivity index (χ0) is 20.8. The summed E-state index contributed by atoms with van der Waals surface area (Å²) in [4.78, 5) is 13.2. The van der Waals surface area contributed by atoms with Gasteiger partial charge in [0.25, 0.3) is 0 Å². The summed E-state index contributed by atoms with van der Waals surface area (Å²) < 4.78 is 0. The second-order valence-corrected chi connectivity index (χ2v) is 12.4. The van der Waals surface area contributed by atoms with E-state index in [0.717, 1.165) is 38.5 Å². The van der Waals surface area contributed by atoms with Crippen LogP contribution in [0, 0.1) is 45.8 Å². The Bertz CT molecular complexity index is 704. The van der Waals surface area contributed by atoms with Gasteiger partial charge in [-0.1, -0.05) is 33.6 Å². The third kappa shape index (κ3) is 2.30. The number of hydrogen-bond donors (Lipinski definition) is 2. The highest BCUT2D eigenvalue weighted by molar-refractivity contribution is 5.84. The molecule has 10 unspecified atom stereocenters. The molecule has 3 heteroatoms. The number of rotatable bonds is 1. The van der Waals surface area contributed by atoms with Crippen molar-refractivity contribution in [3.05, 3.63) is 0 Å². The molecule has 0 aromatic heterocycles. The van der Waals surface area contributed by atoms with Gasteiger partial charge in [0.15, 0.2) is 0 Å². The van der Waals surface area contributed by atoms with Gasteiger partial charge in [-0.05, 0) is 98.7 Å². The highest BCUT2D eigenvalue weighted by Gasteiger charge is 2.71. The summed E-state index contributed by atoms with van der Waals surface area (Å²) in [5, 5.41) is 22.2. The first kappa shape index (κ1) is 20.5. The molecule has 5 saturated carbocycles. The SMILES string of the molecule is CC(=O)C12CCCCC1CC1C3CC(C)C4(O)CC(O)CCC4(C)C3CCC12C. The first-order chi connectivity index (χ1) is 13.6. The maximum absolute atomic E-state index is 13.2. The molecule has 29 heavy (non-hydrogen) atoms. The molecule has 0 aromatic rings. The van der Waals surface area contributed by atoms with Gasteiger partial charge in [0.2, 0.25) is 0 Å². The minimum Gasteiger partial charge on any atom is -0.393 e. The summed E-state index contributed by atoms with van der Waals surface area (Å²) in [6, 6.07) is 0. The van der Waals surface area contributed by atoms with E-state index >= 15 is 0 Å². The van der Waals surface area contributed by atoms with Crippen LogP contribution in [0.2, 0.25) is 0 Å². The molecule has 2 N–H and O–H groups in total. The molecule has 3 nitrogen and oxygen atoms in total. The summed E-state index contributed by atoms with van der Waals surface area (Å²) in [5.74, 6) is 3.08. The summed E-state index contributed by atoms with van der Waals surface area (Å²) in [7, 11) is 0. The molecule has 0 radical (unpaired) electrons. The largest absolute Gasteiger partial charge is 0.393 e. The van der Waals surface area contributed by atoms with Crippen LogP contribution in [-0.2, 0) is 4.79 Å². The van der Waals surface area contributed by atoms with E-state index in [0.29, 0.717) is 35.9 Å². The molecule has 5 fully saturated rings. The average molecular weight is 403 g/mol. The Hall–Kier alpha value is -0.410. The number of hydrogen-bond acceptors (Lipinski definition) is 3. The molecule has 5 aliphatic rings. The van der Waals surface area contributed by atoms with Crippen molar-refractivity contribution in [2.45, 2.75) is 110 Å². The first-order valence-electron chi connectivity index (χ1n) is 12.5. The number of aliphatic hydroxyl groups is 2. The number of aliphatic hydroxyl groups excluding tert-OH is 1. The Morgan fingerprint density at radius 2 is 1.66 bits per heavy atom. The summed E-state index contributed by atoms with van der Waals surface area (Å²) in [6.45, 7) is 8.96. The lowest BCUT2D eigenvalue weighted by atomic mass is 9.40. The second-order valence-electron chi connectivity index (χ2n) is 12.4. The molecule has 0 aliphatic heterocycles. The standard InChI is InChI=1S/C26H42O3/c1-16-13-20-21(24(4)11-8-19(28)15-26(16,24)29)9-12-23(3)22(20)14-18-7-5-6-10-25(18,23)17(2)27/h16,18-22,28-29H,5-15H2,1-4H3. The fourth-order valence-corrected chi connectivity index (χ4v) is 10.5. The molecule has 0 heterocycles. The van der Waals surface area contributed by atoms with Crippen molar-refractivity contribution < 1.29 is 15.0 Å². The minimum atomic E-state index is -0.733. The lowest BCUT2D eigenvalue weighted by Crippen LogP contribution is -2.66. The Balaban J connectivity index is 1.55. The maximum atomic E-state index is 13.2. The van der Waals surface area contributed by atoms with Gasteiger partial charge in [0, 0.05) is 11.8 Å². The van der Waals surface area contributed by atoms with Crippen molar-refractivity contribution in [3.63, 3.8) is 0 Å². The van der Waals surface area contributed by atoms with Crippen LogP contribution in [-0.4, -0.2) is 27.7 Å². The number of fused-ring (bicyclic) bond motifs is 7. The van der Waals surface area contributed by atoms with Gasteiger partial charge in [0.05, 0.1) is 11.7 Å². The molecule has 5 aliphatic carbocycles. The zero-order valence-electron chi connectivity index (χ0n) is 19.0. The van der Waals surface area contributed by atoms with Gasteiger partial charge in [-0.2, -0.15) is 0 Å². The van der Waals surface area contributed by atoms with E-state index in [-0.39, 0.29) is 28.3 Å². The molecule has 0 amide bonds. The van der Waals surface area contributed by atoms with E-state index < -0.39 is 5.60 Å². The molecule has 0 aromatic carbocycles. The predicted molar refractivity (Wildman–Crippen MR) is 114 cm³/mol. The van der Waals surface area contributed by atoms with Gasteiger partial charge in [-0.15, -0.1) is 0 Å². The van der Waals surface area contributed by atoms with Crippen LogP contribution in [0.15, 0.2) is 0 Å².